The number of rotatable bonds is 3. The molecule has 2 heterocycles. The third-order valence-electron chi connectivity index (χ3n) is 4.85. The van der Waals surface area contributed by atoms with Crippen LogP contribution in [0.25, 0.3) is 10.9 Å². The molecular weight excluding hydrogens is 346 g/mol. The van der Waals surface area contributed by atoms with Gasteiger partial charge in [-0.15, -0.1) is 0 Å². The molecule has 0 bridgehead atoms. The molecule has 1 fully saturated rings. The first-order valence-electron chi connectivity index (χ1n) is 9.39. The largest absolute Gasteiger partial charge is 0.508 e. The van der Waals surface area contributed by atoms with Crippen LogP contribution in [0.15, 0.2) is 29.3 Å². The normalized spacial score (nSPS) is 15.9. The maximum atomic E-state index is 12.6. The van der Waals surface area contributed by atoms with Crippen molar-refractivity contribution in [3.8, 4) is 5.75 Å². The second kappa shape index (κ2) is 7.58. The zero-order valence-corrected chi connectivity index (χ0v) is 16.1. The molecule has 3 rings (SSSR count). The highest BCUT2D eigenvalue weighted by Gasteiger charge is 2.26. The van der Waals surface area contributed by atoms with Crippen molar-refractivity contribution in [1.82, 2.24) is 14.5 Å². The van der Waals surface area contributed by atoms with Crippen molar-refractivity contribution in [2.75, 3.05) is 13.1 Å². The average Bonchev–Trinajstić information content (AvgIpc) is 2.60. The summed E-state index contributed by atoms with van der Waals surface area (Å²) in [6, 6.07) is 4.63. The Kier molecular flexibility index (Phi) is 5.39. The van der Waals surface area contributed by atoms with Gasteiger partial charge in [-0.05, 0) is 64.2 Å². The Morgan fingerprint density at radius 3 is 2.67 bits per heavy atom. The summed E-state index contributed by atoms with van der Waals surface area (Å²) in [5.41, 5.74) is -0.0334. The van der Waals surface area contributed by atoms with Crippen LogP contribution in [0.1, 0.15) is 40.0 Å². The monoisotopic (exact) mass is 373 g/mol. The molecule has 1 aliphatic rings. The van der Waals surface area contributed by atoms with Gasteiger partial charge in [0.05, 0.1) is 17.2 Å². The van der Waals surface area contributed by atoms with Crippen LogP contribution in [-0.4, -0.2) is 44.3 Å². The van der Waals surface area contributed by atoms with E-state index in [0.29, 0.717) is 36.5 Å². The number of aromatic hydroxyl groups is 1. The van der Waals surface area contributed by atoms with Crippen molar-refractivity contribution < 1.29 is 14.6 Å². The number of fused-ring (bicyclic) bond motifs is 1. The van der Waals surface area contributed by atoms with Gasteiger partial charge >= 0.3 is 6.09 Å². The first-order chi connectivity index (χ1) is 12.7. The zero-order valence-electron chi connectivity index (χ0n) is 16.1. The minimum atomic E-state index is -0.480. The molecule has 0 unspecified atom stereocenters. The second-order valence-corrected chi connectivity index (χ2v) is 8.14. The van der Waals surface area contributed by atoms with Gasteiger partial charge in [-0.1, -0.05) is 0 Å². The van der Waals surface area contributed by atoms with Gasteiger partial charge in [0, 0.05) is 19.6 Å². The van der Waals surface area contributed by atoms with Gasteiger partial charge in [0.25, 0.3) is 5.56 Å². The number of likely N-dealkylation sites (tertiary alicyclic amines) is 1. The molecule has 7 nitrogen and oxygen atoms in total. The molecule has 1 amide bonds. The summed E-state index contributed by atoms with van der Waals surface area (Å²) in [5, 5.41) is 10.0. The molecule has 1 N–H and O–H groups in total. The van der Waals surface area contributed by atoms with Crippen LogP contribution in [-0.2, 0) is 11.3 Å². The number of carbonyl (C=O) groups excluding carboxylic acids is 1. The van der Waals surface area contributed by atoms with Crippen molar-refractivity contribution in [3.05, 3.63) is 34.9 Å². The molecule has 27 heavy (non-hydrogen) atoms. The Morgan fingerprint density at radius 2 is 2.00 bits per heavy atom. The number of aryl methyl sites for hydroxylation is 1. The van der Waals surface area contributed by atoms with Gasteiger partial charge in [0.15, 0.2) is 0 Å². The second-order valence-electron chi connectivity index (χ2n) is 8.14. The molecule has 1 aromatic carbocycles. The topological polar surface area (TPSA) is 84.7 Å². The summed E-state index contributed by atoms with van der Waals surface area (Å²) in [4.78, 5) is 30.8. The maximum Gasteiger partial charge on any atom is 0.410 e. The van der Waals surface area contributed by atoms with Crippen molar-refractivity contribution in [2.45, 2.75) is 52.2 Å². The number of hydrogen-bond donors (Lipinski definition) is 1. The lowest BCUT2D eigenvalue weighted by atomic mass is 9.94. The van der Waals surface area contributed by atoms with E-state index < -0.39 is 5.60 Å². The number of phenols is 1. The van der Waals surface area contributed by atoms with Crippen LogP contribution in [0.3, 0.4) is 0 Å². The molecule has 0 aliphatic carbocycles. The molecule has 146 valence electrons. The van der Waals surface area contributed by atoms with Crippen LogP contribution in [0, 0.1) is 5.92 Å². The number of carbonyl (C=O) groups is 1. The fraction of sp³-hybridized carbons (Fsp3) is 0.550. The van der Waals surface area contributed by atoms with E-state index in [4.69, 9.17) is 4.74 Å². The third kappa shape index (κ3) is 4.78. The van der Waals surface area contributed by atoms with Crippen LogP contribution in [0.5, 0.6) is 5.75 Å². The molecule has 1 saturated heterocycles. The van der Waals surface area contributed by atoms with Crippen molar-refractivity contribution in [2.24, 2.45) is 5.92 Å². The predicted octanol–water partition coefficient (Wildman–Crippen LogP) is 3.14. The van der Waals surface area contributed by atoms with E-state index in [0.717, 1.165) is 19.3 Å². The molecule has 2 aromatic rings. The van der Waals surface area contributed by atoms with Crippen molar-refractivity contribution in [3.63, 3.8) is 0 Å². The molecular formula is C20H27N3O4. The molecule has 1 aliphatic heterocycles. The summed E-state index contributed by atoms with van der Waals surface area (Å²) in [6.07, 6.45) is 3.97. The number of benzene rings is 1. The van der Waals surface area contributed by atoms with Crippen LogP contribution in [0.2, 0.25) is 0 Å². The highest BCUT2D eigenvalue weighted by Crippen LogP contribution is 2.23. The first-order valence-corrected chi connectivity index (χ1v) is 9.39. The van der Waals surface area contributed by atoms with E-state index in [1.807, 2.05) is 20.8 Å². The Labute approximate surface area is 158 Å². The number of ether oxygens (including phenoxy) is 1. The molecule has 0 spiro atoms. The Morgan fingerprint density at radius 1 is 1.30 bits per heavy atom. The van der Waals surface area contributed by atoms with Gasteiger partial charge in [-0.2, -0.15) is 0 Å². The minimum Gasteiger partial charge on any atom is -0.508 e. The molecule has 1 aromatic heterocycles. The van der Waals surface area contributed by atoms with E-state index in [9.17, 15) is 14.7 Å². The van der Waals surface area contributed by atoms with E-state index in [-0.39, 0.29) is 17.4 Å². The predicted molar refractivity (Wildman–Crippen MR) is 103 cm³/mol. The lowest BCUT2D eigenvalue weighted by molar-refractivity contribution is 0.0180. The van der Waals surface area contributed by atoms with Crippen LogP contribution >= 0.6 is 0 Å². The summed E-state index contributed by atoms with van der Waals surface area (Å²) in [7, 11) is 0. The molecule has 0 atom stereocenters. The number of amides is 1. The van der Waals surface area contributed by atoms with Crippen LogP contribution < -0.4 is 5.56 Å². The van der Waals surface area contributed by atoms with Crippen molar-refractivity contribution >= 4 is 17.0 Å². The minimum absolute atomic E-state index is 0.0636. The third-order valence-corrected chi connectivity index (χ3v) is 4.85. The number of piperidine rings is 1. The number of nitrogens with zero attached hydrogens (tertiary/aromatic N) is 3. The SMILES string of the molecule is CC(C)(C)OC(=O)N1CCC(CCn2cnc3ccc(O)cc3c2=O)CC1. The average molecular weight is 373 g/mol. The maximum absolute atomic E-state index is 12.6. The Bertz CT molecular complexity index is 877. The van der Waals surface area contributed by atoms with Gasteiger partial charge in [0.2, 0.25) is 0 Å². The summed E-state index contributed by atoms with van der Waals surface area (Å²) < 4.78 is 7.02. The molecule has 0 radical (unpaired) electrons. The smallest absolute Gasteiger partial charge is 0.410 e. The number of phenolic OH excluding ortho intramolecular Hbond substituents is 1. The standard InChI is InChI=1S/C20H27N3O4/c1-20(2,3)27-19(26)22-9-6-14(7-10-22)8-11-23-13-21-17-5-4-15(24)12-16(17)18(23)25/h4-5,12-14,24H,6-11H2,1-3H3. The number of hydrogen-bond acceptors (Lipinski definition) is 5. The van der Waals surface area contributed by atoms with Gasteiger partial charge < -0.3 is 14.7 Å². The lowest BCUT2D eigenvalue weighted by Gasteiger charge is -2.33. The summed E-state index contributed by atoms with van der Waals surface area (Å²) in [6.45, 7) is 7.54. The number of aromatic nitrogens is 2. The van der Waals surface area contributed by atoms with E-state index >= 15 is 0 Å². The Hall–Kier alpha value is -2.57. The fourth-order valence-corrected chi connectivity index (χ4v) is 3.36. The first kappa shape index (κ1) is 19.2. The van der Waals surface area contributed by atoms with Gasteiger partial charge in [0.1, 0.15) is 11.4 Å². The van der Waals surface area contributed by atoms with E-state index in [2.05, 4.69) is 4.98 Å². The molecule has 0 saturated carbocycles. The summed E-state index contributed by atoms with van der Waals surface area (Å²) in [5.74, 6) is 0.518. The molecule has 7 heteroatoms. The van der Waals surface area contributed by atoms with Gasteiger partial charge in [-0.25, -0.2) is 9.78 Å². The Balaban J connectivity index is 1.56. The fourth-order valence-electron chi connectivity index (χ4n) is 3.36. The quantitative estimate of drug-likeness (QED) is 0.893. The van der Waals surface area contributed by atoms with Crippen LogP contribution in [0.4, 0.5) is 4.79 Å². The zero-order chi connectivity index (χ0) is 19.6. The van der Waals surface area contributed by atoms with E-state index in [1.165, 1.54) is 12.1 Å². The lowest BCUT2D eigenvalue weighted by Crippen LogP contribution is -2.41. The van der Waals surface area contributed by atoms with Gasteiger partial charge in [-0.3, -0.25) is 9.36 Å². The summed E-state index contributed by atoms with van der Waals surface area (Å²) >= 11 is 0. The van der Waals surface area contributed by atoms with E-state index in [1.54, 1.807) is 21.9 Å². The van der Waals surface area contributed by atoms with Crippen molar-refractivity contribution in [1.29, 1.82) is 0 Å². The highest BCUT2D eigenvalue weighted by molar-refractivity contribution is 5.78. The highest BCUT2D eigenvalue weighted by atomic mass is 16.6.